The summed E-state index contributed by atoms with van der Waals surface area (Å²) >= 11 is 0. The molecule has 0 aromatic heterocycles. The molecule has 0 aliphatic rings. The molecule has 6 heteroatoms. The van der Waals surface area contributed by atoms with Crippen LogP contribution in [-0.4, -0.2) is 12.8 Å². The summed E-state index contributed by atoms with van der Waals surface area (Å²) in [5.41, 5.74) is 0. The minimum Gasteiger partial charge on any atom is -0.307 e. The van der Waals surface area contributed by atoms with E-state index in [1.165, 1.54) is 0 Å². The minimum absolute atomic E-state index is 0.863. The molecular formula is C3H2F5O. The van der Waals surface area contributed by atoms with E-state index in [4.69, 9.17) is 0 Å². The zero-order valence-electron chi connectivity index (χ0n) is 3.95. The van der Waals surface area contributed by atoms with Gasteiger partial charge in [-0.1, -0.05) is 0 Å². The second-order valence-corrected chi connectivity index (χ2v) is 1.06. The van der Waals surface area contributed by atoms with E-state index in [-0.39, 0.29) is 0 Å². The van der Waals surface area contributed by atoms with E-state index in [0.29, 0.717) is 0 Å². The van der Waals surface area contributed by atoms with Gasteiger partial charge in [0.1, 0.15) is 0 Å². The van der Waals surface area contributed by atoms with Crippen molar-refractivity contribution in [2.45, 2.75) is 12.8 Å². The monoisotopic (exact) mass is 149 g/mol. The topological polar surface area (TPSA) is 9.23 Å². The molecule has 0 aromatic carbocycles. The molecule has 0 aromatic rings. The summed E-state index contributed by atoms with van der Waals surface area (Å²) in [5, 5.41) is 0. The lowest BCUT2D eigenvalue weighted by atomic mass is 10.7. The van der Waals surface area contributed by atoms with Gasteiger partial charge in [0.05, 0.1) is 0 Å². The highest BCUT2D eigenvalue weighted by Crippen LogP contribution is 2.19. The van der Waals surface area contributed by atoms with E-state index in [9.17, 15) is 22.0 Å². The average molecular weight is 149 g/mol. The van der Waals surface area contributed by atoms with Gasteiger partial charge in [0.25, 0.3) is 0 Å². The highest BCUT2D eigenvalue weighted by Gasteiger charge is 2.30. The van der Waals surface area contributed by atoms with Gasteiger partial charge in [-0.3, -0.25) is 0 Å². The summed E-state index contributed by atoms with van der Waals surface area (Å²) in [4.78, 5) is 0. The predicted molar refractivity (Wildman–Crippen MR) is 17.4 cm³/mol. The number of halogens is 5. The maximum atomic E-state index is 10.9. The normalized spacial score (nSPS) is 12.7. The molecule has 0 aliphatic carbocycles. The number of ether oxygens (including phenoxy) is 1. The number of hydrogen-bond acceptors (Lipinski definition) is 1. The molecule has 0 heterocycles. The van der Waals surface area contributed by atoms with E-state index in [0.717, 1.165) is 0 Å². The van der Waals surface area contributed by atoms with Crippen molar-refractivity contribution in [3.63, 3.8) is 0 Å². The zero-order valence-corrected chi connectivity index (χ0v) is 3.95. The zero-order chi connectivity index (χ0) is 7.49. The highest BCUT2D eigenvalue weighted by atomic mass is 19.4. The Morgan fingerprint density at radius 2 is 1.67 bits per heavy atom. The summed E-state index contributed by atoms with van der Waals surface area (Å²) in [5.74, 6) is 0. The Balaban J connectivity index is 3.28. The molecule has 0 fully saturated rings. The molecule has 0 aliphatic heterocycles. The molecule has 1 radical (unpaired) electrons. The molecule has 0 unspecified atom stereocenters. The summed E-state index contributed by atoms with van der Waals surface area (Å²) in [6.07, 6.45) is -4.80. The molecule has 1 nitrogen and oxygen atoms in total. The van der Waals surface area contributed by atoms with Crippen LogP contribution in [0.4, 0.5) is 22.0 Å². The van der Waals surface area contributed by atoms with Crippen molar-refractivity contribution in [2.24, 2.45) is 0 Å². The lowest BCUT2D eigenvalue weighted by molar-refractivity contribution is -0.191. The van der Waals surface area contributed by atoms with Gasteiger partial charge in [0.2, 0.25) is 0 Å². The van der Waals surface area contributed by atoms with Gasteiger partial charge >= 0.3 is 12.8 Å². The summed E-state index contributed by atoms with van der Waals surface area (Å²) in [6, 6.07) is 0. The van der Waals surface area contributed by atoms with E-state index in [1.807, 2.05) is 0 Å². The van der Waals surface area contributed by atoms with Crippen LogP contribution in [0.15, 0.2) is 0 Å². The molecule has 0 amide bonds. The molecule has 0 saturated carbocycles. The van der Waals surface area contributed by atoms with E-state index in [2.05, 4.69) is 4.74 Å². The Bertz CT molecular complexity index is 76.8. The van der Waals surface area contributed by atoms with Gasteiger partial charge < -0.3 is 4.74 Å². The van der Waals surface area contributed by atoms with E-state index >= 15 is 0 Å². The second-order valence-electron chi connectivity index (χ2n) is 1.06. The first kappa shape index (κ1) is 8.61. The van der Waals surface area contributed by atoms with Crippen molar-refractivity contribution < 1.29 is 26.7 Å². The Morgan fingerprint density at radius 1 is 1.22 bits per heavy atom. The number of hydrogen-bond donors (Lipinski definition) is 0. The lowest BCUT2D eigenvalue weighted by Crippen LogP contribution is -2.12. The molecule has 0 rings (SSSR count). The van der Waals surface area contributed by atoms with Crippen LogP contribution in [0.25, 0.3) is 0 Å². The smallest absolute Gasteiger partial charge is 0.307 e. The van der Waals surface area contributed by atoms with Crippen molar-refractivity contribution in [3.05, 3.63) is 6.61 Å². The van der Waals surface area contributed by atoms with E-state index in [1.54, 1.807) is 0 Å². The fraction of sp³-hybridized carbons (Fsp3) is 0.667. The van der Waals surface area contributed by atoms with Crippen LogP contribution in [0.1, 0.15) is 0 Å². The van der Waals surface area contributed by atoms with Crippen LogP contribution in [0.5, 0.6) is 0 Å². The Labute approximate surface area is 47.4 Å². The van der Waals surface area contributed by atoms with Gasteiger partial charge in [0.15, 0.2) is 6.61 Å². The maximum absolute atomic E-state index is 10.9. The summed E-state index contributed by atoms with van der Waals surface area (Å²) in [7, 11) is 0. The minimum atomic E-state index is -4.80. The van der Waals surface area contributed by atoms with Crippen molar-refractivity contribution in [2.75, 3.05) is 0 Å². The SMILES string of the molecule is FC(F)O[CH]C(F)(F)F. The van der Waals surface area contributed by atoms with Gasteiger partial charge in [0, 0.05) is 0 Å². The van der Waals surface area contributed by atoms with E-state index < -0.39 is 19.4 Å². The molecule has 0 atom stereocenters. The molecular weight excluding hydrogens is 147 g/mol. The maximum Gasteiger partial charge on any atom is 0.417 e. The first-order valence-corrected chi connectivity index (χ1v) is 1.76. The quantitative estimate of drug-likeness (QED) is 0.545. The third kappa shape index (κ3) is 7.61. The second kappa shape index (κ2) is 2.95. The van der Waals surface area contributed by atoms with Crippen molar-refractivity contribution >= 4 is 0 Å². The third-order valence-electron chi connectivity index (χ3n) is 0.305. The van der Waals surface area contributed by atoms with Gasteiger partial charge in [-0.15, -0.1) is 0 Å². The Hall–Kier alpha value is -0.390. The third-order valence-corrected chi connectivity index (χ3v) is 0.305. The fourth-order valence-electron chi connectivity index (χ4n) is 0.129. The van der Waals surface area contributed by atoms with Crippen molar-refractivity contribution in [3.8, 4) is 0 Å². The van der Waals surface area contributed by atoms with Gasteiger partial charge in [-0.25, -0.2) is 0 Å². The van der Waals surface area contributed by atoms with Crippen LogP contribution in [0.2, 0.25) is 0 Å². The standard InChI is InChI=1S/C3H2F5O/c4-2(5)9-1-3(6,7)8/h1-2H. The number of rotatable bonds is 2. The van der Waals surface area contributed by atoms with Gasteiger partial charge in [-0.05, 0) is 0 Å². The largest absolute Gasteiger partial charge is 0.417 e. The van der Waals surface area contributed by atoms with Crippen LogP contribution < -0.4 is 0 Å². The first-order valence-electron chi connectivity index (χ1n) is 1.76. The molecule has 55 valence electrons. The molecule has 0 saturated heterocycles. The average Bonchev–Trinajstić information content (AvgIpc) is 1.59. The van der Waals surface area contributed by atoms with Crippen molar-refractivity contribution in [1.29, 1.82) is 0 Å². The van der Waals surface area contributed by atoms with Crippen molar-refractivity contribution in [1.82, 2.24) is 0 Å². The van der Waals surface area contributed by atoms with Crippen LogP contribution >= 0.6 is 0 Å². The Morgan fingerprint density at radius 3 is 1.78 bits per heavy atom. The Kier molecular flexibility index (Phi) is 2.83. The summed E-state index contributed by atoms with van der Waals surface area (Å²) < 4.78 is 57.2. The van der Waals surface area contributed by atoms with Crippen LogP contribution in [0.3, 0.4) is 0 Å². The lowest BCUT2D eigenvalue weighted by Gasteiger charge is -2.03. The molecule has 0 N–H and O–H groups in total. The van der Waals surface area contributed by atoms with Gasteiger partial charge in [-0.2, -0.15) is 22.0 Å². The van der Waals surface area contributed by atoms with Crippen LogP contribution in [-0.2, 0) is 4.74 Å². The number of alkyl halides is 5. The first-order chi connectivity index (χ1) is 3.92. The molecule has 0 spiro atoms. The molecule has 0 bridgehead atoms. The summed E-state index contributed by atoms with van der Waals surface area (Å²) in [6.45, 7) is -4.27. The highest BCUT2D eigenvalue weighted by molar-refractivity contribution is 4.60. The molecule has 9 heavy (non-hydrogen) atoms. The van der Waals surface area contributed by atoms with Crippen LogP contribution in [0, 0.1) is 6.61 Å². The predicted octanol–water partition coefficient (Wildman–Crippen LogP) is 1.95. The fourth-order valence-corrected chi connectivity index (χ4v) is 0.129.